The van der Waals surface area contributed by atoms with Crippen LogP contribution in [0.25, 0.3) is 0 Å². The molecule has 0 amide bonds. The van der Waals surface area contributed by atoms with Crippen molar-refractivity contribution in [3.05, 3.63) is 24.3 Å². The number of nitrogens with zero attached hydrogens (tertiary/aromatic N) is 2. The number of rotatable bonds is 5. The molecule has 0 aliphatic carbocycles. The summed E-state index contributed by atoms with van der Waals surface area (Å²) in [6.45, 7) is 6.44. The lowest BCUT2D eigenvalue weighted by Crippen LogP contribution is -2.39. The molecule has 0 radical (unpaired) electrons. The van der Waals surface area contributed by atoms with E-state index in [1.807, 2.05) is 0 Å². The van der Waals surface area contributed by atoms with Crippen molar-refractivity contribution >= 4 is 5.69 Å². The quantitative estimate of drug-likeness (QED) is 0.901. The number of ether oxygens (including phenoxy) is 1. The standard InChI is InChI=1S/C17H27N3O/c18-15-7-11-20(12-8-15)16-3-5-17(6-4-16)21-14-13-19-9-1-2-10-19/h3-6,15H,1-2,7-14,18H2. The van der Waals surface area contributed by atoms with Crippen LogP contribution in [0.1, 0.15) is 25.7 Å². The minimum atomic E-state index is 0.384. The molecule has 0 bridgehead atoms. The van der Waals surface area contributed by atoms with Crippen LogP contribution in [0.3, 0.4) is 0 Å². The second kappa shape index (κ2) is 7.14. The van der Waals surface area contributed by atoms with Crippen molar-refractivity contribution in [3.63, 3.8) is 0 Å². The molecule has 2 aliphatic heterocycles. The topological polar surface area (TPSA) is 41.7 Å². The Balaban J connectivity index is 1.45. The van der Waals surface area contributed by atoms with Gasteiger partial charge < -0.3 is 15.4 Å². The third-order valence-electron chi connectivity index (χ3n) is 4.62. The zero-order valence-electron chi connectivity index (χ0n) is 12.8. The van der Waals surface area contributed by atoms with Crippen LogP contribution in [-0.4, -0.2) is 50.3 Å². The molecule has 4 heteroatoms. The van der Waals surface area contributed by atoms with Gasteiger partial charge in [-0.15, -0.1) is 0 Å². The second-order valence-corrected chi connectivity index (χ2v) is 6.22. The molecule has 2 heterocycles. The lowest BCUT2D eigenvalue weighted by atomic mass is 10.1. The second-order valence-electron chi connectivity index (χ2n) is 6.22. The van der Waals surface area contributed by atoms with Gasteiger partial charge in [-0.2, -0.15) is 0 Å². The van der Waals surface area contributed by atoms with Gasteiger partial charge in [0.1, 0.15) is 12.4 Å². The summed E-state index contributed by atoms with van der Waals surface area (Å²) in [5, 5.41) is 0. The molecule has 2 fully saturated rings. The molecule has 2 N–H and O–H groups in total. The number of nitrogens with two attached hydrogens (primary N) is 1. The molecule has 0 unspecified atom stereocenters. The highest BCUT2D eigenvalue weighted by atomic mass is 16.5. The summed E-state index contributed by atoms with van der Waals surface area (Å²) in [7, 11) is 0. The summed E-state index contributed by atoms with van der Waals surface area (Å²) in [6.07, 6.45) is 4.87. The van der Waals surface area contributed by atoms with Crippen LogP contribution in [0.5, 0.6) is 5.75 Å². The Morgan fingerprint density at radius 2 is 1.67 bits per heavy atom. The Morgan fingerprint density at radius 1 is 1.00 bits per heavy atom. The van der Waals surface area contributed by atoms with Gasteiger partial charge in [-0.3, -0.25) is 4.90 Å². The van der Waals surface area contributed by atoms with E-state index in [9.17, 15) is 0 Å². The molecule has 0 aromatic heterocycles. The largest absolute Gasteiger partial charge is 0.492 e. The summed E-state index contributed by atoms with van der Waals surface area (Å²) in [4.78, 5) is 4.89. The van der Waals surface area contributed by atoms with E-state index in [1.54, 1.807) is 0 Å². The average Bonchev–Trinajstić information content (AvgIpc) is 3.02. The first kappa shape index (κ1) is 14.7. The molecule has 0 atom stereocenters. The molecule has 4 nitrogen and oxygen atoms in total. The van der Waals surface area contributed by atoms with Crippen molar-refractivity contribution in [2.75, 3.05) is 44.2 Å². The molecule has 0 saturated carbocycles. The van der Waals surface area contributed by atoms with E-state index >= 15 is 0 Å². The van der Waals surface area contributed by atoms with Crippen molar-refractivity contribution in [1.29, 1.82) is 0 Å². The van der Waals surface area contributed by atoms with Crippen LogP contribution in [0.15, 0.2) is 24.3 Å². The summed E-state index contributed by atoms with van der Waals surface area (Å²) in [5.74, 6) is 0.978. The van der Waals surface area contributed by atoms with Gasteiger partial charge in [-0.1, -0.05) is 0 Å². The molecular weight excluding hydrogens is 262 g/mol. The van der Waals surface area contributed by atoms with Crippen molar-refractivity contribution in [2.45, 2.75) is 31.7 Å². The molecule has 1 aromatic carbocycles. The Labute approximate surface area is 127 Å². The SMILES string of the molecule is NC1CCN(c2ccc(OCCN3CCCC3)cc2)CC1. The maximum absolute atomic E-state index is 5.96. The Morgan fingerprint density at radius 3 is 2.33 bits per heavy atom. The lowest BCUT2D eigenvalue weighted by Gasteiger charge is -2.32. The van der Waals surface area contributed by atoms with E-state index in [2.05, 4.69) is 34.1 Å². The minimum absolute atomic E-state index is 0.384. The number of hydrogen-bond acceptors (Lipinski definition) is 4. The summed E-state index contributed by atoms with van der Waals surface area (Å²) in [5.41, 5.74) is 7.24. The van der Waals surface area contributed by atoms with Crippen LogP contribution in [-0.2, 0) is 0 Å². The summed E-state index contributed by atoms with van der Waals surface area (Å²) >= 11 is 0. The Hall–Kier alpha value is -1.26. The predicted octanol–water partition coefficient (Wildman–Crippen LogP) is 2.09. The monoisotopic (exact) mass is 289 g/mol. The zero-order valence-corrected chi connectivity index (χ0v) is 12.8. The average molecular weight is 289 g/mol. The number of hydrogen-bond donors (Lipinski definition) is 1. The van der Waals surface area contributed by atoms with Crippen LogP contribution in [0.4, 0.5) is 5.69 Å². The maximum Gasteiger partial charge on any atom is 0.119 e. The van der Waals surface area contributed by atoms with Crippen molar-refractivity contribution in [1.82, 2.24) is 4.90 Å². The summed E-state index contributed by atoms with van der Waals surface area (Å²) < 4.78 is 5.85. The fourth-order valence-electron chi connectivity index (χ4n) is 3.21. The smallest absolute Gasteiger partial charge is 0.119 e. The third kappa shape index (κ3) is 4.11. The fourth-order valence-corrected chi connectivity index (χ4v) is 3.21. The van der Waals surface area contributed by atoms with Gasteiger partial charge in [0.15, 0.2) is 0 Å². The van der Waals surface area contributed by atoms with E-state index in [4.69, 9.17) is 10.5 Å². The summed E-state index contributed by atoms with van der Waals surface area (Å²) in [6, 6.07) is 8.90. The highest BCUT2D eigenvalue weighted by Gasteiger charge is 2.16. The molecule has 2 aliphatic rings. The molecule has 3 rings (SSSR count). The van der Waals surface area contributed by atoms with Gasteiger partial charge in [0.2, 0.25) is 0 Å². The maximum atomic E-state index is 5.96. The van der Waals surface area contributed by atoms with Gasteiger partial charge in [0.25, 0.3) is 0 Å². The van der Waals surface area contributed by atoms with Crippen LogP contribution < -0.4 is 15.4 Å². The lowest BCUT2D eigenvalue weighted by molar-refractivity contribution is 0.238. The normalized spacial score (nSPS) is 20.9. The molecule has 1 aromatic rings. The van der Waals surface area contributed by atoms with Gasteiger partial charge >= 0.3 is 0 Å². The fraction of sp³-hybridized carbons (Fsp3) is 0.647. The first-order chi connectivity index (χ1) is 10.3. The number of benzene rings is 1. The first-order valence-corrected chi connectivity index (χ1v) is 8.27. The number of likely N-dealkylation sites (tertiary alicyclic amines) is 1. The van der Waals surface area contributed by atoms with Crippen molar-refractivity contribution in [2.24, 2.45) is 5.73 Å². The van der Waals surface area contributed by atoms with E-state index in [-0.39, 0.29) is 0 Å². The van der Waals surface area contributed by atoms with Gasteiger partial charge in [0.05, 0.1) is 0 Å². The Kier molecular flexibility index (Phi) is 4.99. The highest BCUT2D eigenvalue weighted by Crippen LogP contribution is 2.22. The number of anilines is 1. The van der Waals surface area contributed by atoms with E-state index in [0.717, 1.165) is 44.8 Å². The van der Waals surface area contributed by atoms with Gasteiger partial charge in [-0.05, 0) is 63.0 Å². The van der Waals surface area contributed by atoms with Crippen LogP contribution >= 0.6 is 0 Å². The molecule has 116 valence electrons. The molecular formula is C17H27N3O. The minimum Gasteiger partial charge on any atom is -0.492 e. The van der Waals surface area contributed by atoms with E-state index in [1.165, 1.54) is 31.6 Å². The third-order valence-corrected chi connectivity index (χ3v) is 4.62. The van der Waals surface area contributed by atoms with Crippen LogP contribution in [0, 0.1) is 0 Å². The molecule has 21 heavy (non-hydrogen) atoms. The predicted molar refractivity (Wildman–Crippen MR) is 87.0 cm³/mol. The van der Waals surface area contributed by atoms with E-state index in [0.29, 0.717) is 6.04 Å². The van der Waals surface area contributed by atoms with Gasteiger partial charge in [0, 0.05) is 31.4 Å². The zero-order chi connectivity index (χ0) is 14.5. The van der Waals surface area contributed by atoms with Gasteiger partial charge in [-0.25, -0.2) is 0 Å². The molecule has 0 spiro atoms. The highest BCUT2D eigenvalue weighted by molar-refractivity contribution is 5.49. The van der Waals surface area contributed by atoms with Crippen molar-refractivity contribution < 1.29 is 4.74 Å². The Bertz CT molecular complexity index is 420. The van der Waals surface area contributed by atoms with E-state index < -0.39 is 0 Å². The first-order valence-electron chi connectivity index (χ1n) is 8.27. The van der Waals surface area contributed by atoms with Crippen LogP contribution in [0.2, 0.25) is 0 Å². The molecule has 2 saturated heterocycles. The number of piperidine rings is 1. The van der Waals surface area contributed by atoms with Crippen molar-refractivity contribution in [3.8, 4) is 5.75 Å².